The van der Waals surface area contributed by atoms with Gasteiger partial charge in [0.05, 0.1) is 31.1 Å². The van der Waals surface area contributed by atoms with Crippen molar-refractivity contribution in [2.45, 2.75) is 0 Å². The van der Waals surface area contributed by atoms with E-state index < -0.39 is 0 Å². The van der Waals surface area contributed by atoms with E-state index in [-0.39, 0.29) is 11.8 Å². The van der Waals surface area contributed by atoms with Crippen molar-refractivity contribution in [2.75, 3.05) is 10.6 Å². The molecule has 0 unspecified atom stereocenters. The van der Waals surface area contributed by atoms with E-state index in [9.17, 15) is 9.59 Å². The third kappa shape index (κ3) is 5.58. The van der Waals surface area contributed by atoms with Gasteiger partial charge in [0.25, 0.3) is 11.8 Å². The van der Waals surface area contributed by atoms with Gasteiger partial charge in [0.15, 0.2) is 0 Å². The first kappa shape index (κ1) is 25.1. The van der Waals surface area contributed by atoms with E-state index in [0.717, 1.165) is 11.1 Å². The van der Waals surface area contributed by atoms with Crippen molar-refractivity contribution in [1.29, 1.82) is 0 Å². The lowest BCUT2D eigenvalue weighted by Gasteiger charge is -2.07. The Morgan fingerprint density at radius 2 is 1.24 bits per heavy atom. The SMILES string of the molecule is O=C(Nc1cccc(-c2nc3ccc(NC(=O)c4ccc(Cl)c(Cl)c4)cc3[nH]2)c1)c1ccc(Cl)c(Cl)c1. The quantitative estimate of drug-likeness (QED) is 0.199. The van der Waals surface area contributed by atoms with Crippen LogP contribution in [0, 0.1) is 0 Å². The first-order valence-corrected chi connectivity index (χ1v) is 12.4. The number of amides is 2. The van der Waals surface area contributed by atoms with Crippen LogP contribution in [0.1, 0.15) is 20.7 Å². The Balaban J connectivity index is 1.35. The summed E-state index contributed by atoms with van der Waals surface area (Å²) in [5.74, 6) is -0.0284. The molecule has 0 aliphatic heterocycles. The molecule has 3 N–H and O–H groups in total. The Morgan fingerprint density at radius 1 is 0.649 bits per heavy atom. The van der Waals surface area contributed by atoms with E-state index in [2.05, 4.69) is 20.6 Å². The monoisotopic (exact) mass is 568 g/mol. The highest BCUT2D eigenvalue weighted by atomic mass is 35.5. The number of H-pyrrole nitrogens is 1. The lowest BCUT2D eigenvalue weighted by molar-refractivity contribution is 0.101. The molecule has 4 aromatic carbocycles. The van der Waals surface area contributed by atoms with Crippen LogP contribution in [0.3, 0.4) is 0 Å². The average Bonchev–Trinajstić information content (AvgIpc) is 3.31. The van der Waals surface area contributed by atoms with Crippen molar-refractivity contribution in [2.24, 2.45) is 0 Å². The molecule has 0 atom stereocenters. The molecule has 0 fully saturated rings. The van der Waals surface area contributed by atoms with Gasteiger partial charge >= 0.3 is 0 Å². The maximum absolute atomic E-state index is 12.6. The zero-order chi connectivity index (χ0) is 26.1. The Hall–Kier alpha value is -3.55. The number of halogens is 4. The van der Waals surface area contributed by atoms with Crippen LogP contribution < -0.4 is 10.6 Å². The van der Waals surface area contributed by atoms with Gasteiger partial charge in [-0.2, -0.15) is 0 Å². The number of hydrogen-bond acceptors (Lipinski definition) is 3. The molecule has 0 radical (unpaired) electrons. The zero-order valence-corrected chi connectivity index (χ0v) is 21.8. The maximum Gasteiger partial charge on any atom is 0.255 e. The predicted molar refractivity (Wildman–Crippen MR) is 150 cm³/mol. The van der Waals surface area contributed by atoms with Gasteiger partial charge in [-0.3, -0.25) is 9.59 Å². The number of fused-ring (bicyclic) bond motifs is 1. The average molecular weight is 570 g/mol. The fraction of sp³-hybridized carbons (Fsp3) is 0. The van der Waals surface area contributed by atoms with E-state index >= 15 is 0 Å². The van der Waals surface area contributed by atoms with Gasteiger partial charge < -0.3 is 15.6 Å². The van der Waals surface area contributed by atoms with E-state index in [1.165, 1.54) is 12.1 Å². The molecular weight excluding hydrogens is 554 g/mol. The second kappa shape index (κ2) is 10.4. The highest BCUT2D eigenvalue weighted by molar-refractivity contribution is 6.42. The number of nitrogens with one attached hydrogen (secondary N) is 3. The number of aromatic amines is 1. The molecule has 0 aliphatic rings. The topological polar surface area (TPSA) is 86.9 Å². The van der Waals surface area contributed by atoms with Crippen LogP contribution in [0.4, 0.5) is 11.4 Å². The highest BCUT2D eigenvalue weighted by Crippen LogP contribution is 2.27. The summed E-state index contributed by atoms with van der Waals surface area (Å²) in [5.41, 5.74) is 4.16. The summed E-state index contributed by atoms with van der Waals surface area (Å²) < 4.78 is 0. The molecule has 0 saturated heterocycles. The molecule has 2 amide bonds. The highest BCUT2D eigenvalue weighted by Gasteiger charge is 2.13. The number of anilines is 2. The number of imidazole rings is 1. The fourth-order valence-electron chi connectivity index (χ4n) is 3.65. The van der Waals surface area contributed by atoms with E-state index in [1.807, 2.05) is 12.1 Å². The molecule has 6 nitrogen and oxygen atoms in total. The lowest BCUT2D eigenvalue weighted by Crippen LogP contribution is -2.11. The van der Waals surface area contributed by atoms with Crippen LogP contribution in [0.25, 0.3) is 22.4 Å². The summed E-state index contributed by atoms with van der Waals surface area (Å²) in [7, 11) is 0. The largest absolute Gasteiger partial charge is 0.338 e. The molecule has 0 aliphatic carbocycles. The summed E-state index contributed by atoms with van der Waals surface area (Å²) in [4.78, 5) is 33.2. The van der Waals surface area contributed by atoms with Crippen LogP contribution in [0.2, 0.25) is 20.1 Å². The number of nitrogens with zero attached hydrogens (tertiary/aromatic N) is 1. The van der Waals surface area contributed by atoms with E-state index in [4.69, 9.17) is 46.4 Å². The van der Waals surface area contributed by atoms with Crippen LogP contribution in [-0.4, -0.2) is 21.8 Å². The number of hydrogen-bond donors (Lipinski definition) is 3. The summed E-state index contributed by atoms with van der Waals surface area (Å²) >= 11 is 23.9. The molecule has 10 heteroatoms. The van der Waals surface area contributed by atoms with E-state index in [0.29, 0.717) is 53.9 Å². The third-order valence-electron chi connectivity index (χ3n) is 5.50. The van der Waals surface area contributed by atoms with Gasteiger partial charge in [-0.25, -0.2) is 4.98 Å². The minimum absolute atomic E-state index is 0.304. The Morgan fingerprint density at radius 3 is 1.84 bits per heavy atom. The molecule has 0 bridgehead atoms. The molecule has 184 valence electrons. The van der Waals surface area contributed by atoms with E-state index in [1.54, 1.807) is 54.6 Å². The third-order valence-corrected chi connectivity index (χ3v) is 6.98. The smallest absolute Gasteiger partial charge is 0.255 e. The van der Waals surface area contributed by atoms with Gasteiger partial charge in [0, 0.05) is 28.1 Å². The summed E-state index contributed by atoms with van der Waals surface area (Å²) in [6, 6.07) is 22.0. The molecule has 5 rings (SSSR count). The number of carbonyl (C=O) groups excluding carboxylic acids is 2. The van der Waals surface area contributed by atoms with Gasteiger partial charge in [0.2, 0.25) is 0 Å². The molecule has 0 spiro atoms. The summed E-state index contributed by atoms with van der Waals surface area (Å²) in [5, 5.41) is 7.06. The van der Waals surface area contributed by atoms with Crippen molar-refractivity contribution < 1.29 is 9.59 Å². The van der Waals surface area contributed by atoms with Crippen LogP contribution in [0.15, 0.2) is 78.9 Å². The summed E-state index contributed by atoms with van der Waals surface area (Å²) in [6.07, 6.45) is 0. The molecule has 37 heavy (non-hydrogen) atoms. The fourth-order valence-corrected chi connectivity index (χ4v) is 4.25. The number of aromatic nitrogens is 2. The summed E-state index contributed by atoms with van der Waals surface area (Å²) in [6.45, 7) is 0. The Kier molecular flexibility index (Phi) is 7.09. The van der Waals surface area contributed by atoms with Gasteiger partial charge in [-0.1, -0.05) is 58.5 Å². The first-order valence-electron chi connectivity index (χ1n) is 10.9. The first-order chi connectivity index (χ1) is 17.8. The number of rotatable bonds is 5. The molecule has 1 heterocycles. The Bertz CT molecular complexity index is 1680. The molecular formula is C27H16Cl4N4O2. The zero-order valence-electron chi connectivity index (χ0n) is 18.8. The van der Waals surface area contributed by atoms with Gasteiger partial charge in [-0.05, 0) is 66.7 Å². The normalized spacial score (nSPS) is 10.9. The van der Waals surface area contributed by atoms with Crippen molar-refractivity contribution in [3.8, 4) is 11.4 Å². The van der Waals surface area contributed by atoms with Crippen LogP contribution in [0.5, 0.6) is 0 Å². The molecule has 5 aromatic rings. The maximum atomic E-state index is 12.6. The standard InChI is InChI=1S/C27H16Cl4N4O2/c28-19-7-4-15(11-21(19)30)26(36)32-17-3-1-2-14(10-17)25-34-23-9-6-18(13-24(23)35-25)33-27(37)16-5-8-20(29)22(31)12-16/h1-13H,(H,32,36)(H,33,37)(H,34,35). The van der Waals surface area contributed by atoms with Crippen molar-refractivity contribution in [3.63, 3.8) is 0 Å². The van der Waals surface area contributed by atoms with Crippen molar-refractivity contribution >= 4 is 80.6 Å². The second-order valence-electron chi connectivity index (χ2n) is 8.06. The Labute approximate surface area is 231 Å². The molecule has 1 aromatic heterocycles. The number of carbonyl (C=O) groups is 2. The lowest BCUT2D eigenvalue weighted by atomic mass is 10.1. The van der Waals surface area contributed by atoms with Crippen LogP contribution >= 0.6 is 46.4 Å². The minimum atomic E-state index is -0.317. The molecule has 0 saturated carbocycles. The van der Waals surface area contributed by atoms with Crippen molar-refractivity contribution in [3.05, 3.63) is 110 Å². The predicted octanol–water partition coefficient (Wildman–Crippen LogP) is 8.35. The minimum Gasteiger partial charge on any atom is -0.338 e. The van der Waals surface area contributed by atoms with Gasteiger partial charge in [0.1, 0.15) is 5.82 Å². The number of benzene rings is 4. The van der Waals surface area contributed by atoms with Crippen LogP contribution in [-0.2, 0) is 0 Å². The van der Waals surface area contributed by atoms with Crippen molar-refractivity contribution in [1.82, 2.24) is 9.97 Å². The van der Waals surface area contributed by atoms with Gasteiger partial charge in [-0.15, -0.1) is 0 Å². The second-order valence-corrected chi connectivity index (χ2v) is 9.69.